The molecule has 0 spiro atoms. The Kier molecular flexibility index (Phi) is 4.93. The van der Waals surface area contributed by atoms with Crippen molar-refractivity contribution < 1.29 is 9.53 Å². The third kappa shape index (κ3) is 3.34. The van der Waals surface area contributed by atoms with E-state index in [2.05, 4.69) is 30.7 Å². The van der Waals surface area contributed by atoms with Crippen LogP contribution in [0.3, 0.4) is 0 Å². The number of rotatable bonds is 6. The zero-order valence-corrected chi connectivity index (χ0v) is 12.7. The number of ether oxygens (including phenoxy) is 1. The van der Waals surface area contributed by atoms with Gasteiger partial charge in [-0.2, -0.15) is 0 Å². The van der Waals surface area contributed by atoms with Crippen molar-refractivity contribution in [3.05, 3.63) is 10.6 Å². The van der Waals surface area contributed by atoms with Crippen molar-refractivity contribution in [3.8, 4) is 0 Å². The normalized spacial score (nSPS) is 19.1. The number of carbonyl (C=O) groups is 1. The number of aromatic nitrogens is 1. The lowest BCUT2D eigenvalue weighted by Gasteiger charge is -2.23. The van der Waals surface area contributed by atoms with Crippen LogP contribution in [-0.4, -0.2) is 37.1 Å². The quantitative estimate of drug-likeness (QED) is 0.752. The van der Waals surface area contributed by atoms with Crippen LogP contribution < -0.4 is 4.90 Å². The Balaban J connectivity index is 2.15. The van der Waals surface area contributed by atoms with Gasteiger partial charge in [-0.25, -0.2) is 4.98 Å². The second-order valence-electron chi connectivity index (χ2n) is 5.19. The number of nitrogens with zero attached hydrogens (tertiary/aromatic N) is 2. The van der Waals surface area contributed by atoms with E-state index in [0.29, 0.717) is 6.10 Å². The molecule has 1 atom stereocenters. The lowest BCUT2D eigenvalue weighted by Crippen LogP contribution is -2.31. The molecule has 4 nitrogen and oxygen atoms in total. The molecule has 1 fully saturated rings. The van der Waals surface area contributed by atoms with Crippen LogP contribution in [0.5, 0.6) is 0 Å². The van der Waals surface area contributed by atoms with E-state index in [1.54, 1.807) is 0 Å². The Morgan fingerprint density at radius 2 is 2.37 bits per heavy atom. The summed E-state index contributed by atoms with van der Waals surface area (Å²) in [6.07, 6.45) is 3.51. The largest absolute Gasteiger partial charge is 0.376 e. The first kappa shape index (κ1) is 14.5. The summed E-state index contributed by atoms with van der Waals surface area (Å²) in [4.78, 5) is 18.8. The molecule has 2 rings (SSSR count). The predicted octanol–water partition coefficient (Wildman–Crippen LogP) is 3.08. The molecule has 106 valence electrons. The zero-order valence-electron chi connectivity index (χ0n) is 11.9. The van der Waals surface area contributed by atoms with Gasteiger partial charge < -0.3 is 9.64 Å². The van der Waals surface area contributed by atoms with Crippen LogP contribution in [-0.2, 0) is 4.74 Å². The molecule has 1 aromatic rings. The molecule has 0 N–H and O–H groups in total. The Morgan fingerprint density at radius 3 is 2.84 bits per heavy atom. The van der Waals surface area contributed by atoms with Gasteiger partial charge in [-0.15, -0.1) is 0 Å². The second kappa shape index (κ2) is 6.48. The van der Waals surface area contributed by atoms with Gasteiger partial charge in [0.2, 0.25) is 0 Å². The summed E-state index contributed by atoms with van der Waals surface area (Å²) in [6, 6.07) is 0. The Bertz CT molecular complexity index is 425. The second-order valence-corrected chi connectivity index (χ2v) is 6.20. The topological polar surface area (TPSA) is 42.4 Å². The van der Waals surface area contributed by atoms with Crippen LogP contribution in [0.4, 0.5) is 5.13 Å². The van der Waals surface area contributed by atoms with Crippen LogP contribution in [0.25, 0.3) is 0 Å². The molecule has 1 aliphatic rings. The molecule has 0 saturated carbocycles. The van der Waals surface area contributed by atoms with Crippen molar-refractivity contribution in [3.63, 3.8) is 0 Å². The van der Waals surface area contributed by atoms with Gasteiger partial charge in [0.1, 0.15) is 0 Å². The number of thiazole rings is 1. The molecule has 1 aromatic heterocycles. The van der Waals surface area contributed by atoms with E-state index in [4.69, 9.17) is 4.74 Å². The average molecular weight is 282 g/mol. The summed E-state index contributed by atoms with van der Waals surface area (Å²) in [5.41, 5.74) is 0.917. The lowest BCUT2D eigenvalue weighted by atomic mass is 10.1. The van der Waals surface area contributed by atoms with Crippen LogP contribution in [0.1, 0.15) is 54.9 Å². The fourth-order valence-electron chi connectivity index (χ4n) is 2.34. The Morgan fingerprint density at radius 1 is 1.58 bits per heavy atom. The first-order valence-electron chi connectivity index (χ1n) is 6.98. The third-order valence-electron chi connectivity index (χ3n) is 3.42. The SMILES string of the molecule is CCN(CC1CCCO1)c1nc(C(C)C)c(C=O)s1. The molecular formula is C14H22N2O2S. The summed E-state index contributed by atoms with van der Waals surface area (Å²) in [5.74, 6) is 0.284. The van der Waals surface area contributed by atoms with E-state index in [0.717, 1.165) is 54.5 Å². The molecule has 5 heteroatoms. The van der Waals surface area contributed by atoms with E-state index >= 15 is 0 Å². The van der Waals surface area contributed by atoms with E-state index < -0.39 is 0 Å². The van der Waals surface area contributed by atoms with E-state index in [1.165, 1.54) is 11.3 Å². The zero-order chi connectivity index (χ0) is 13.8. The van der Waals surface area contributed by atoms with Gasteiger partial charge in [-0.3, -0.25) is 4.79 Å². The summed E-state index contributed by atoms with van der Waals surface area (Å²) in [5, 5.41) is 0.948. The van der Waals surface area contributed by atoms with Crippen molar-refractivity contribution >= 4 is 22.8 Å². The highest BCUT2D eigenvalue weighted by Gasteiger charge is 2.22. The molecule has 1 saturated heterocycles. The van der Waals surface area contributed by atoms with Gasteiger partial charge in [0.15, 0.2) is 11.4 Å². The lowest BCUT2D eigenvalue weighted by molar-refractivity contribution is 0.112. The number of aldehydes is 1. The van der Waals surface area contributed by atoms with Gasteiger partial charge in [-0.05, 0) is 25.7 Å². The smallest absolute Gasteiger partial charge is 0.186 e. The molecule has 2 heterocycles. The number of hydrogen-bond acceptors (Lipinski definition) is 5. The molecule has 0 amide bonds. The van der Waals surface area contributed by atoms with Gasteiger partial charge in [0, 0.05) is 19.7 Å². The van der Waals surface area contributed by atoms with Crippen LogP contribution >= 0.6 is 11.3 Å². The predicted molar refractivity (Wildman–Crippen MR) is 78.5 cm³/mol. The summed E-state index contributed by atoms with van der Waals surface area (Å²) < 4.78 is 5.68. The molecule has 0 aliphatic carbocycles. The minimum Gasteiger partial charge on any atom is -0.376 e. The van der Waals surface area contributed by atoms with Gasteiger partial charge in [0.05, 0.1) is 16.7 Å². The van der Waals surface area contributed by atoms with Crippen LogP contribution in [0, 0.1) is 0 Å². The maximum Gasteiger partial charge on any atom is 0.186 e. The number of likely N-dealkylation sites (N-methyl/N-ethyl adjacent to an activating group) is 1. The van der Waals surface area contributed by atoms with Crippen molar-refractivity contribution in [1.82, 2.24) is 4.98 Å². The molecular weight excluding hydrogens is 260 g/mol. The third-order valence-corrected chi connectivity index (χ3v) is 4.48. The molecule has 1 aliphatic heterocycles. The summed E-state index contributed by atoms with van der Waals surface area (Å²) in [7, 11) is 0. The Hall–Kier alpha value is -0.940. The van der Waals surface area contributed by atoms with Gasteiger partial charge >= 0.3 is 0 Å². The summed E-state index contributed by atoms with van der Waals surface area (Å²) in [6.45, 7) is 8.90. The number of hydrogen-bond donors (Lipinski definition) is 0. The fourth-order valence-corrected chi connectivity index (χ4v) is 3.45. The van der Waals surface area contributed by atoms with Gasteiger partial charge in [-0.1, -0.05) is 25.2 Å². The minimum atomic E-state index is 0.284. The van der Waals surface area contributed by atoms with Crippen LogP contribution in [0.2, 0.25) is 0 Å². The number of carbonyl (C=O) groups excluding carboxylic acids is 1. The standard InChI is InChI=1S/C14H22N2O2S/c1-4-16(8-11-6-5-7-18-11)14-15-13(10(2)3)12(9-17)19-14/h9-11H,4-8H2,1-3H3. The van der Waals surface area contributed by atoms with Crippen molar-refractivity contribution in [2.45, 2.75) is 45.6 Å². The van der Waals surface area contributed by atoms with Gasteiger partial charge in [0.25, 0.3) is 0 Å². The highest BCUT2D eigenvalue weighted by molar-refractivity contribution is 7.17. The molecule has 0 aromatic carbocycles. The highest BCUT2D eigenvalue weighted by atomic mass is 32.1. The van der Waals surface area contributed by atoms with Crippen molar-refractivity contribution in [1.29, 1.82) is 0 Å². The minimum absolute atomic E-state index is 0.284. The highest BCUT2D eigenvalue weighted by Crippen LogP contribution is 2.30. The molecule has 0 radical (unpaired) electrons. The fraction of sp³-hybridized carbons (Fsp3) is 0.714. The monoisotopic (exact) mass is 282 g/mol. The van der Waals surface area contributed by atoms with Crippen molar-refractivity contribution in [2.75, 3.05) is 24.6 Å². The van der Waals surface area contributed by atoms with E-state index in [-0.39, 0.29) is 5.92 Å². The summed E-state index contributed by atoms with van der Waals surface area (Å²) >= 11 is 1.50. The van der Waals surface area contributed by atoms with Crippen LogP contribution in [0.15, 0.2) is 0 Å². The number of anilines is 1. The Labute approximate surface area is 118 Å². The molecule has 0 bridgehead atoms. The molecule has 19 heavy (non-hydrogen) atoms. The first-order chi connectivity index (χ1) is 9.15. The van der Waals surface area contributed by atoms with E-state index in [1.807, 2.05) is 0 Å². The van der Waals surface area contributed by atoms with E-state index in [9.17, 15) is 4.79 Å². The van der Waals surface area contributed by atoms with Crippen molar-refractivity contribution in [2.24, 2.45) is 0 Å². The molecule has 1 unspecified atom stereocenters. The average Bonchev–Trinajstić information content (AvgIpc) is 3.04. The maximum absolute atomic E-state index is 11.1. The maximum atomic E-state index is 11.1. The first-order valence-corrected chi connectivity index (χ1v) is 7.79.